The number of aryl methyl sites for hydroxylation is 1. The normalized spacial score (nSPS) is 13.2. The molecule has 7 nitrogen and oxygen atoms in total. The Morgan fingerprint density at radius 2 is 1.62 bits per heavy atom. The van der Waals surface area contributed by atoms with E-state index in [9.17, 15) is 9.59 Å². The zero-order valence-electron chi connectivity index (χ0n) is 21.6. The fraction of sp³-hybridized carbons (Fsp3) is 0.167. The molecule has 0 unspecified atom stereocenters. The third kappa shape index (κ3) is 6.31. The highest BCUT2D eigenvalue weighted by Crippen LogP contribution is 2.30. The van der Waals surface area contributed by atoms with Gasteiger partial charge in [-0.15, -0.1) is 0 Å². The molecule has 0 saturated carbocycles. The zero-order valence-corrected chi connectivity index (χ0v) is 23.9. The first-order valence-corrected chi connectivity index (χ1v) is 13.8. The predicted octanol–water partition coefficient (Wildman–Crippen LogP) is 6.65. The minimum Gasteiger partial charge on any atom is -0.451 e. The molecule has 2 N–H and O–H groups in total. The second kappa shape index (κ2) is 12.1. The molecule has 1 aliphatic rings. The summed E-state index contributed by atoms with van der Waals surface area (Å²) < 4.78 is 5.68. The molecule has 204 valence electrons. The lowest BCUT2D eigenvalue weighted by molar-refractivity contribution is 0.0746. The van der Waals surface area contributed by atoms with Gasteiger partial charge in [-0.3, -0.25) is 14.9 Å². The van der Waals surface area contributed by atoms with Gasteiger partial charge in [-0.1, -0.05) is 41.4 Å². The number of nitrogens with zero attached hydrogens (tertiary/aromatic N) is 2. The maximum Gasteiger partial charge on any atom is 0.293 e. The molecule has 4 aromatic rings. The molecule has 1 aliphatic heterocycles. The SMILES string of the molecule is Cc1ccccc1C(=O)N1CCN(c2ccc(NC(=S)NC(=O)c3ccc(-c4ccc(Cl)cc4)o3)cc2Cl)CC1. The van der Waals surface area contributed by atoms with Crippen molar-refractivity contribution >= 4 is 63.7 Å². The van der Waals surface area contributed by atoms with Crippen LogP contribution in [-0.4, -0.2) is 48.0 Å². The van der Waals surface area contributed by atoms with Crippen molar-refractivity contribution in [2.45, 2.75) is 6.92 Å². The van der Waals surface area contributed by atoms with Crippen LogP contribution in [0.3, 0.4) is 0 Å². The molecule has 1 saturated heterocycles. The molecule has 40 heavy (non-hydrogen) atoms. The van der Waals surface area contributed by atoms with Crippen molar-refractivity contribution in [3.8, 4) is 11.3 Å². The number of piperazine rings is 1. The summed E-state index contributed by atoms with van der Waals surface area (Å²) in [4.78, 5) is 29.6. The van der Waals surface area contributed by atoms with Crippen LogP contribution in [0.5, 0.6) is 0 Å². The molecule has 1 aromatic heterocycles. The molecule has 10 heteroatoms. The summed E-state index contributed by atoms with van der Waals surface area (Å²) in [7, 11) is 0. The van der Waals surface area contributed by atoms with Gasteiger partial charge in [0.25, 0.3) is 11.8 Å². The Morgan fingerprint density at radius 3 is 2.33 bits per heavy atom. The second-order valence-electron chi connectivity index (χ2n) is 9.34. The number of anilines is 2. The van der Waals surface area contributed by atoms with E-state index in [1.807, 2.05) is 60.4 Å². The van der Waals surface area contributed by atoms with Gasteiger partial charge in [-0.2, -0.15) is 0 Å². The first kappa shape index (κ1) is 27.7. The van der Waals surface area contributed by atoms with Gasteiger partial charge in [0.15, 0.2) is 10.9 Å². The van der Waals surface area contributed by atoms with Crippen LogP contribution in [0, 0.1) is 6.92 Å². The lowest BCUT2D eigenvalue weighted by Crippen LogP contribution is -2.49. The van der Waals surface area contributed by atoms with E-state index in [1.165, 1.54) is 0 Å². The van der Waals surface area contributed by atoms with Crippen molar-refractivity contribution in [1.82, 2.24) is 10.2 Å². The van der Waals surface area contributed by atoms with Gasteiger partial charge in [-0.25, -0.2) is 0 Å². The van der Waals surface area contributed by atoms with E-state index < -0.39 is 5.91 Å². The van der Waals surface area contributed by atoms with E-state index >= 15 is 0 Å². The Labute approximate surface area is 247 Å². The zero-order chi connectivity index (χ0) is 28.2. The van der Waals surface area contributed by atoms with Gasteiger partial charge < -0.3 is 19.5 Å². The van der Waals surface area contributed by atoms with Gasteiger partial charge in [0.2, 0.25) is 0 Å². The fourth-order valence-electron chi connectivity index (χ4n) is 4.53. The van der Waals surface area contributed by atoms with Crippen LogP contribution in [0.4, 0.5) is 11.4 Å². The van der Waals surface area contributed by atoms with Crippen molar-refractivity contribution in [3.63, 3.8) is 0 Å². The lowest BCUT2D eigenvalue weighted by atomic mass is 10.1. The largest absolute Gasteiger partial charge is 0.451 e. The Morgan fingerprint density at radius 1 is 0.900 bits per heavy atom. The number of thiocarbonyl (C=S) groups is 1. The molecule has 2 amide bonds. The molecule has 3 aromatic carbocycles. The summed E-state index contributed by atoms with van der Waals surface area (Å²) in [5.41, 5.74) is 4.02. The number of benzene rings is 3. The Balaban J connectivity index is 1.15. The minimum atomic E-state index is -0.474. The van der Waals surface area contributed by atoms with Crippen molar-refractivity contribution in [1.29, 1.82) is 0 Å². The van der Waals surface area contributed by atoms with Crippen LogP contribution in [0.2, 0.25) is 10.0 Å². The van der Waals surface area contributed by atoms with E-state index in [0.29, 0.717) is 47.7 Å². The quantitative estimate of drug-likeness (QED) is 0.253. The highest BCUT2D eigenvalue weighted by atomic mass is 35.5. The third-order valence-electron chi connectivity index (χ3n) is 6.67. The van der Waals surface area contributed by atoms with Crippen LogP contribution in [0.1, 0.15) is 26.5 Å². The van der Waals surface area contributed by atoms with E-state index in [0.717, 1.165) is 22.4 Å². The molecular weight excluding hydrogens is 567 g/mol. The number of hydrogen-bond donors (Lipinski definition) is 2. The molecular formula is C30H26Cl2N4O3S. The van der Waals surface area contributed by atoms with Gasteiger partial charge in [-0.05, 0) is 85.4 Å². The van der Waals surface area contributed by atoms with Gasteiger partial charge in [0.05, 0.1) is 10.7 Å². The molecule has 1 fully saturated rings. The van der Waals surface area contributed by atoms with Crippen LogP contribution < -0.4 is 15.5 Å². The molecule has 2 heterocycles. The monoisotopic (exact) mass is 592 g/mol. The highest BCUT2D eigenvalue weighted by molar-refractivity contribution is 7.80. The van der Waals surface area contributed by atoms with Gasteiger partial charge in [0.1, 0.15) is 5.76 Å². The smallest absolute Gasteiger partial charge is 0.293 e. The molecule has 0 radical (unpaired) electrons. The molecule has 0 aliphatic carbocycles. The van der Waals surface area contributed by atoms with E-state index in [2.05, 4.69) is 15.5 Å². The summed E-state index contributed by atoms with van der Waals surface area (Å²) >= 11 is 17.9. The number of carbonyl (C=O) groups is 2. The average molecular weight is 594 g/mol. The molecule has 0 atom stereocenters. The Kier molecular flexibility index (Phi) is 8.40. The number of rotatable bonds is 5. The van der Waals surface area contributed by atoms with Crippen LogP contribution in [0.15, 0.2) is 83.3 Å². The molecule has 5 rings (SSSR count). The first-order chi connectivity index (χ1) is 19.3. The maximum absolute atomic E-state index is 12.9. The minimum absolute atomic E-state index is 0.0507. The van der Waals surface area contributed by atoms with Crippen LogP contribution in [0.25, 0.3) is 11.3 Å². The number of nitrogens with one attached hydrogen (secondary N) is 2. The van der Waals surface area contributed by atoms with Gasteiger partial charge >= 0.3 is 0 Å². The molecule has 0 spiro atoms. The number of hydrogen-bond acceptors (Lipinski definition) is 5. The van der Waals surface area contributed by atoms with E-state index in [-0.39, 0.29) is 16.8 Å². The third-order valence-corrected chi connectivity index (χ3v) is 7.43. The average Bonchev–Trinajstić information content (AvgIpc) is 3.44. The summed E-state index contributed by atoms with van der Waals surface area (Å²) in [5, 5.41) is 6.88. The van der Waals surface area contributed by atoms with Crippen LogP contribution in [-0.2, 0) is 0 Å². The van der Waals surface area contributed by atoms with E-state index in [4.69, 9.17) is 39.8 Å². The first-order valence-electron chi connectivity index (χ1n) is 12.7. The van der Waals surface area contributed by atoms with Crippen molar-refractivity contribution < 1.29 is 14.0 Å². The summed E-state index contributed by atoms with van der Waals surface area (Å²) in [6.07, 6.45) is 0. The van der Waals surface area contributed by atoms with Crippen molar-refractivity contribution in [3.05, 3.63) is 106 Å². The van der Waals surface area contributed by atoms with E-state index in [1.54, 1.807) is 30.3 Å². The predicted molar refractivity (Wildman–Crippen MR) is 164 cm³/mol. The number of carbonyl (C=O) groups excluding carboxylic acids is 2. The van der Waals surface area contributed by atoms with Crippen molar-refractivity contribution in [2.75, 3.05) is 36.4 Å². The number of furan rings is 1. The number of amides is 2. The maximum atomic E-state index is 12.9. The number of halogens is 2. The fourth-order valence-corrected chi connectivity index (χ4v) is 5.17. The highest BCUT2D eigenvalue weighted by Gasteiger charge is 2.24. The Bertz CT molecular complexity index is 1560. The Hall–Kier alpha value is -3.85. The van der Waals surface area contributed by atoms with Gasteiger partial charge in [0, 0.05) is 48.0 Å². The lowest BCUT2D eigenvalue weighted by Gasteiger charge is -2.36. The summed E-state index contributed by atoms with van der Waals surface area (Å²) in [5.74, 6) is 0.249. The second-order valence-corrected chi connectivity index (χ2v) is 10.6. The van der Waals surface area contributed by atoms with Crippen molar-refractivity contribution in [2.24, 2.45) is 0 Å². The topological polar surface area (TPSA) is 77.8 Å². The van der Waals surface area contributed by atoms with Crippen LogP contribution >= 0.6 is 35.4 Å². The summed E-state index contributed by atoms with van der Waals surface area (Å²) in [6.45, 7) is 4.49. The standard InChI is InChI=1S/C30H26Cl2N4O3S/c1-19-4-2-3-5-23(19)29(38)36-16-14-35(15-17-36)25-11-10-22(18-24(25)32)33-30(40)34-28(37)27-13-12-26(39-27)20-6-8-21(31)9-7-20/h2-13,18H,14-17H2,1H3,(H2,33,34,37,40). The molecule has 0 bridgehead atoms. The summed E-state index contributed by atoms with van der Waals surface area (Å²) in [6, 6.07) is 23.6.